The minimum atomic E-state index is -4.30. The first-order chi connectivity index (χ1) is 14.3. The van der Waals surface area contributed by atoms with Gasteiger partial charge in [0.2, 0.25) is 9.84 Å². The van der Waals surface area contributed by atoms with Crippen LogP contribution in [-0.4, -0.2) is 13.4 Å². The van der Waals surface area contributed by atoms with E-state index in [1.807, 2.05) is 0 Å². The topological polar surface area (TPSA) is 51.4 Å². The largest absolute Gasteiger partial charge is 0.256 e. The molecule has 4 rings (SSSR count). The number of aromatic nitrogens is 1. The van der Waals surface area contributed by atoms with E-state index in [-0.39, 0.29) is 10.5 Å². The number of fused-ring (bicyclic) bond motifs is 1. The van der Waals surface area contributed by atoms with Gasteiger partial charge in [0.1, 0.15) is 5.82 Å². The van der Waals surface area contributed by atoms with Gasteiger partial charge in [-0.25, -0.2) is 26.4 Å². The van der Waals surface area contributed by atoms with Gasteiger partial charge in [-0.2, -0.15) is 0 Å². The lowest BCUT2D eigenvalue weighted by molar-refractivity contribution is 0.504. The van der Waals surface area contributed by atoms with Crippen molar-refractivity contribution < 1.29 is 21.6 Å². The molecular weight excluding hydrogens is 413 g/mol. The summed E-state index contributed by atoms with van der Waals surface area (Å²) in [6.07, 6.45) is 1.10. The molecule has 30 heavy (non-hydrogen) atoms. The van der Waals surface area contributed by atoms with Crippen molar-refractivity contribution in [2.24, 2.45) is 0 Å². The van der Waals surface area contributed by atoms with Crippen LogP contribution in [0.15, 0.2) is 76.7 Å². The fourth-order valence-corrected chi connectivity index (χ4v) is 4.57. The SMILES string of the molecule is [C-]#[N+]c1ccc2c(-c3ccc(F)cc3)c(S(=O)(=O)c3ccc(F)c(F)c3)cnc2c1. The number of hydrogen-bond acceptors (Lipinski definition) is 3. The van der Waals surface area contributed by atoms with Crippen LogP contribution in [0.1, 0.15) is 0 Å². The van der Waals surface area contributed by atoms with Gasteiger partial charge in [-0.15, -0.1) is 0 Å². The van der Waals surface area contributed by atoms with Crippen molar-refractivity contribution in [2.45, 2.75) is 9.79 Å². The van der Waals surface area contributed by atoms with Gasteiger partial charge in [-0.1, -0.05) is 24.3 Å². The zero-order chi connectivity index (χ0) is 21.5. The molecule has 4 nitrogen and oxygen atoms in total. The number of sulfone groups is 1. The molecule has 0 aliphatic rings. The van der Waals surface area contributed by atoms with Crippen LogP contribution in [0.5, 0.6) is 0 Å². The van der Waals surface area contributed by atoms with E-state index in [4.69, 9.17) is 6.57 Å². The highest BCUT2D eigenvalue weighted by atomic mass is 32.2. The first-order valence-corrected chi connectivity index (χ1v) is 10.1. The van der Waals surface area contributed by atoms with Crippen LogP contribution in [0.4, 0.5) is 18.9 Å². The number of nitrogens with zero attached hydrogens (tertiary/aromatic N) is 2. The highest BCUT2D eigenvalue weighted by Gasteiger charge is 2.26. The molecule has 0 aliphatic carbocycles. The zero-order valence-electron chi connectivity index (χ0n) is 15.1. The van der Waals surface area contributed by atoms with E-state index < -0.39 is 32.2 Å². The average Bonchev–Trinajstić information content (AvgIpc) is 2.75. The molecule has 4 aromatic rings. The van der Waals surface area contributed by atoms with Gasteiger partial charge in [-0.3, -0.25) is 4.98 Å². The molecule has 0 spiro atoms. The number of halogens is 3. The molecule has 3 aromatic carbocycles. The fraction of sp³-hybridized carbons (Fsp3) is 0. The second-order valence-corrected chi connectivity index (χ2v) is 8.32. The highest BCUT2D eigenvalue weighted by Crippen LogP contribution is 2.37. The second-order valence-electron chi connectivity index (χ2n) is 6.40. The van der Waals surface area contributed by atoms with E-state index in [2.05, 4.69) is 9.83 Å². The maximum Gasteiger partial charge on any atom is 0.208 e. The summed E-state index contributed by atoms with van der Waals surface area (Å²) in [5.74, 6) is -2.97. The molecule has 0 fully saturated rings. The standard InChI is InChI=1S/C22H11F3N2O2S/c1-26-15-6-8-17-20(10-15)27-12-21(22(17)13-2-4-14(23)5-3-13)30(28,29)16-7-9-18(24)19(25)11-16/h2-12H. The summed E-state index contributed by atoms with van der Waals surface area (Å²) in [5, 5.41) is 0.415. The lowest BCUT2D eigenvalue weighted by Crippen LogP contribution is -2.06. The van der Waals surface area contributed by atoms with E-state index in [1.165, 1.54) is 36.4 Å². The van der Waals surface area contributed by atoms with Crippen LogP contribution < -0.4 is 0 Å². The minimum absolute atomic E-state index is 0.223. The number of benzene rings is 3. The number of hydrogen-bond donors (Lipinski definition) is 0. The smallest absolute Gasteiger partial charge is 0.208 e. The molecule has 1 aromatic heterocycles. The van der Waals surface area contributed by atoms with Crippen molar-refractivity contribution in [3.05, 3.63) is 95.7 Å². The minimum Gasteiger partial charge on any atom is -0.256 e. The molecule has 1 heterocycles. The summed E-state index contributed by atoms with van der Waals surface area (Å²) in [7, 11) is -4.30. The first-order valence-electron chi connectivity index (χ1n) is 8.57. The van der Waals surface area contributed by atoms with Crippen molar-refractivity contribution in [2.75, 3.05) is 0 Å². The average molecular weight is 424 g/mol. The normalized spacial score (nSPS) is 11.4. The molecule has 0 N–H and O–H groups in total. The Balaban J connectivity index is 2.06. The second kappa shape index (κ2) is 7.28. The van der Waals surface area contributed by atoms with Gasteiger partial charge in [0.05, 0.1) is 21.9 Å². The Hall–Kier alpha value is -3.70. The van der Waals surface area contributed by atoms with E-state index in [9.17, 15) is 21.6 Å². The van der Waals surface area contributed by atoms with Gasteiger partial charge in [-0.05, 0) is 42.0 Å². The van der Waals surface area contributed by atoms with Crippen molar-refractivity contribution in [3.63, 3.8) is 0 Å². The predicted molar refractivity (Wildman–Crippen MR) is 105 cm³/mol. The molecule has 0 radical (unpaired) electrons. The number of rotatable bonds is 3. The summed E-state index contributed by atoms with van der Waals surface area (Å²) in [4.78, 5) is 6.81. The quantitative estimate of drug-likeness (QED) is 0.313. The molecular formula is C22H11F3N2O2S. The Morgan fingerprint density at radius 2 is 1.60 bits per heavy atom. The van der Waals surface area contributed by atoms with Crippen LogP contribution in [0.3, 0.4) is 0 Å². The Morgan fingerprint density at radius 3 is 2.27 bits per heavy atom. The summed E-state index contributed by atoms with van der Waals surface area (Å²) in [5.41, 5.74) is 1.30. The van der Waals surface area contributed by atoms with E-state index in [0.717, 1.165) is 18.3 Å². The Labute approximate surface area is 170 Å². The monoisotopic (exact) mass is 424 g/mol. The van der Waals surface area contributed by atoms with Crippen molar-refractivity contribution in [1.29, 1.82) is 0 Å². The number of pyridine rings is 1. The van der Waals surface area contributed by atoms with E-state index >= 15 is 0 Å². The van der Waals surface area contributed by atoms with Gasteiger partial charge in [0.25, 0.3) is 0 Å². The Bertz CT molecular complexity index is 1440. The van der Waals surface area contributed by atoms with Gasteiger partial charge < -0.3 is 0 Å². The zero-order valence-corrected chi connectivity index (χ0v) is 15.9. The maximum atomic E-state index is 13.7. The summed E-state index contributed by atoms with van der Waals surface area (Å²) in [6, 6.07) is 12.1. The van der Waals surface area contributed by atoms with Gasteiger partial charge >= 0.3 is 0 Å². The Morgan fingerprint density at radius 1 is 0.867 bits per heavy atom. The molecule has 148 valence electrons. The lowest BCUT2D eigenvalue weighted by Gasteiger charge is -2.14. The summed E-state index contributed by atoms with van der Waals surface area (Å²) in [6.45, 7) is 7.15. The highest BCUT2D eigenvalue weighted by molar-refractivity contribution is 7.91. The molecule has 0 atom stereocenters. The van der Waals surface area contributed by atoms with Crippen molar-refractivity contribution in [1.82, 2.24) is 4.98 Å². The van der Waals surface area contributed by atoms with Crippen LogP contribution in [0.2, 0.25) is 0 Å². The summed E-state index contributed by atoms with van der Waals surface area (Å²) >= 11 is 0. The van der Waals surface area contributed by atoms with Gasteiger partial charge in [0, 0.05) is 17.1 Å². The van der Waals surface area contributed by atoms with Crippen LogP contribution >= 0.6 is 0 Å². The third kappa shape index (κ3) is 3.29. The molecule has 0 aliphatic heterocycles. The molecule has 0 unspecified atom stereocenters. The van der Waals surface area contributed by atoms with Crippen molar-refractivity contribution in [3.8, 4) is 11.1 Å². The van der Waals surface area contributed by atoms with Crippen molar-refractivity contribution >= 4 is 26.4 Å². The van der Waals surface area contributed by atoms with Crippen LogP contribution in [0.25, 0.3) is 26.9 Å². The third-order valence-corrected chi connectivity index (χ3v) is 6.33. The molecule has 0 bridgehead atoms. The molecule has 0 saturated carbocycles. The molecule has 0 amide bonds. The summed E-state index contributed by atoms with van der Waals surface area (Å²) < 4.78 is 67.0. The van der Waals surface area contributed by atoms with Crippen LogP contribution in [0, 0.1) is 24.0 Å². The maximum absolute atomic E-state index is 13.7. The Kier molecular flexibility index (Phi) is 4.76. The molecule has 8 heteroatoms. The third-order valence-electron chi connectivity index (χ3n) is 4.57. The fourth-order valence-electron chi connectivity index (χ4n) is 3.12. The first kappa shape index (κ1) is 19.6. The van der Waals surface area contributed by atoms with E-state index in [0.29, 0.717) is 28.2 Å². The van der Waals surface area contributed by atoms with E-state index in [1.54, 1.807) is 6.07 Å². The molecule has 0 saturated heterocycles. The van der Waals surface area contributed by atoms with Crippen LogP contribution in [-0.2, 0) is 9.84 Å². The lowest BCUT2D eigenvalue weighted by atomic mass is 10.0. The predicted octanol–water partition coefficient (Wildman–Crippen LogP) is 5.70. The van der Waals surface area contributed by atoms with Gasteiger partial charge in [0.15, 0.2) is 17.3 Å².